The monoisotopic (exact) mass is 404 g/mol. The molecule has 0 radical (unpaired) electrons. The summed E-state index contributed by atoms with van der Waals surface area (Å²) < 4.78 is 11.0. The quantitative estimate of drug-likeness (QED) is 0.485. The van der Waals surface area contributed by atoms with E-state index in [1.165, 1.54) is 6.92 Å². The Kier molecular flexibility index (Phi) is 6.78. The molecule has 0 aliphatic rings. The highest BCUT2D eigenvalue weighted by atomic mass is 16.5. The van der Waals surface area contributed by atoms with Crippen LogP contribution in [0.25, 0.3) is 0 Å². The van der Waals surface area contributed by atoms with Gasteiger partial charge in [0.05, 0.1) is 0 Å². The van der Waals surface area contributed by atoms with Gasteiger partial charge in [0.25, 0.3) is 11.8 Å². The molecule has 0 fully saturated rings. The molecule has 0 saturated carbocycles. The largest absolute Gasteiger partial charge is 0.456 e. The molecule has 0 aromatic heterocycles. The number of ether oxygens (including phenoxy) is 2. The maximum absolute atomic E-state index is 12.6. The molecule has 2 N–H and O–H groups in total. The van der Waals surface area contributed by atoms with E-state index in [4.69, 9.17) is 9.47 Å². The molecule has 0 unspecified atom stereocenters. The van der Waals surface area contributed by atoms with Gasteiger partial charge in [0.2, 0.25) is 0 Å². The van der Waals surface area contributed by atoms with E-state index in [9.17, 15) is 14.4 Å². The fourth-order valence-corrected chi connectivity index (χ4v) is 2.50. The van der Waals surface area contributed by atoms with E-state index >= 15 is 0 Å². The second kappa shape index (κ2) is 9.88. The van der Waals surface area contributed by atoms with Gasteiger partial charge < -0.3 is 9.47 Å². The molecule has 3 rings (SSSR count). The van der Waals surface area contributed by atoms with E-state index < -0.39 is 23.9 Å². The van der Waals surface area contributed by atoms with Crippen molar-refractivity contribution in [1.82, 2.24) is 10.9 Å². The van der Waals surface area contributed by atoms with Gasteiger partial charge in [0.1, 0.15) is 17.1 Å². The lowest BCUT2D eigenvalue weighted by molar-refractivity contribution is -0.129. The average Bonchev–Trinajstić information content (AvgIpc) is 2.78. The third kappa shape index (κ3) is 5.45. The summed E-state index contributed by atoms with van der Waals surface area (Å²) in [4.78, 5) is 36.7. The number of para-hydroxylation sites is 2. The minimum absolute atomic E-state index is 0.175. The standard InChI is InChI=1S/C23H20N2O5/c1-16(21(26)24-25-22(27)17-10-4-2-5-11-17)29-23(28)19-14-8-9-15-20(19)30-18-12-6-3-7-13-18/h2-16H,1H3,(H,24,26)(H,25,27)/t16-/m1/s1. The van der Waals surface area contributed by atoms with E-state index in [1.54, 1.807) is 66.7 Å². The molecule has 3 aromatic carbocycles. The van der Waals surface area contributed by atoms with Crippen molar-refractivity contribution in [3.8, 4) is 11.5 Å². The lowest BCUT2D eigenvalue weighted by atomic mass is 10.2. The first-order valence-electron chi connectivity index (χ1n) is 9.23. The Morgan fingerprint density at radius 3 is 2.07 bits per heavy atom. The number of rotatable bonds is 6. The van der Waals surface area contributed by atoms with Crippen molar-refractivity contribution in [2.45, 2.75) is 13.0 Å². The maximum Gasteiger partial charge on any atom is 0.342 e. The molecule has 0 heterocycles. The third-order valence-electron chi connectivity index (χ3n) is 4.07. The van der Waals surface area contributed by atoms with Gasteiger partial charge in [-0.2, -0.15) is 0 Å². The summed E-state index contributed by atoms with van der Waals surface area (Å²) in [6, 6.07) is 24.0. The second-order valence-electron chi connectivity index (χ2n) is 6.27. The molecule has 1 atom stereocenters. The molecule has 7 heteroatoms. The van der Waals surface area contributed by atoms with Crippen molar-refractivity contribution in [3.05, 3.63) is 96.1 Å². The third-order valence-corrected chi connectivity index (χ3v) is 4.07. The maximum atomic E-state index is 12.6. The first kappa shape index (κ1) is 20.6. The van der Waals surface area contributed by atoms with Crippen LogP contribution in [-0.4, -0.2) is 23.9 Å². The number of nitrogens with one attached hydrogen (secondary N) is 2. The van der Waals surface area contributed by atoms with Gasteiger partial charge in [0.15, 0.2) is 6.10 Å². The number of amides is 2. The van der Waals surface area contributed by atoms with Crippen molar-refractivity contribution in [2.24, 2.45) is 0 Å². The van der Waals surface area contributed by atoms with Gasteiger partial charge >= 0.3 is 5.97 Å². The first-order chi connectivity index (χ1) is 14.5. The number of benzene rings is 3. The first-order valence-corrected chi connectivity index (χ1v) is 9.23. The Labute approximate surface area is 173 Å². The molecular weight excluding hydrogens is 384 g/mol. The van der Waals surface area contributed by atoms with Gasteiger partial charge in [-0.15, -0.1) is 0 Å². The highest BCUT2D eigenvalue weighted by molar-refractivity contribution is 5.97. The van der Waals surface area contributed by atoms with E-state index in [-0.39, 0.29) is 5.56 Å². The van der Waals surface area contributed by atoms with Crippen molar-refractivity contribution in [2.75, 3.05) is 0 Å². The van der Waals surface area contributed by atoms with Crippen LogP contribution in [0.1, 0.15) is 27.6 Å². The van der Waals surface area contributed by atoms with E-state index in [1.807, 2.05) is 18.2 Å². The summed E-state index contributed by atoms with van der Waals surface area (Å²) in [6.45, 7) is 1.41. The minimum Gasteiger partial charge on any atom is -0.456 e. The number of esters is 1. The summed E-state index contributed by atoms with van der Waals surface area (Å²) in [6.07, 6.45) is -1.14. The van der Waals surface area contributed by atoms with Crippen LogP contribution >= 0.6 is 0 Å². The molecule has 0 bridgehead atoms. The molecule has 0 spiro atoms. The number of hydrogen-bond acceptors (Lipinski definition) is 5. The molecule has 0 aliphatic heterocycles. The fraction of sp³-hybridized carbons (Fsp3) is 0.0870. The van der Waals surface area contributed by atoms with Crippen LogP contribution in [0, 0.1) is 0 Å². The topological polar surface area (TPSA) is 93.7 Å². The molecular formula is C23H20N2O5. The molecule has 0 saturated heterocycles. The normalized spacial score (nSPS) is 11.1. The van der Waals surface area contributed by atoms with Gasteiger partial charge in [-0.1, -0.05) is 48.5 Å². The van der Waals surface area contributed by atoms with Crippen LogP contribution in [0.3, 0.4) is 0 Å². The molecule has 7 nitrogen and oxygen atoms in total. The molecule has 3 aromatic rings. The highest BCUT2D eigenvalue weighted by Crippen LogP contribution is 2.25. The van der Waals surface area contributed by atoms with Gasteiger partial charge in [-0.25, -0.2) is 4.79 Å². The summed E-state index contributed by atoms with van der Waals surface area (Å²) >= 11 is 0. The van der Waals surface area contributed by atoms with E-state index in [0.29, 0.717) is 17.1 Å². The van der Waals surface area contributed by atoms with Crippen LogP contribution in [0.5, 0.6) is 11.5 Å². The van der Waals surface area contributed by atoms with Crippen LogP contribution in [-0.2, 0) is 9.53 Å². The highest BCUT2D eigenvalue weighted by Gasteiger charge is 2.22. The summed E-state index contributed by atoms with van der Waals surface area (Å²) in [5.41, 5.74) is 5.09. The second-order valence-corrected chi connectivity index (χ2v) is 6.27. The number of hydrazine groups is 1. The van der Waals surface area contributed by atoms with Crippen molar-refractivity contribution < 1.29 is 23.9 Å². The van der Waals surface area contributed by atoms with Gasteiger partial charge in [0, 0.05) is 5.56 Å². The Morgan fingerprint density at radius 2 is 1.37 bits per heavy atom. The molecule has 2 amide bonds. The zero-order valence-electron chi connectivity index (χ0n) is 16.2. The van der Waals surface area contributed by atoms with Crippen LogP contribution in [0.4, 0.5) is 0 Å². The lowest BCUT2D eigenvalue weighted by Gasteiger charge is -2.15. The average molecular weight is 404 g/mol. The predicted octanol–water partition coefficient (Wildman–Crippen LogP) is 3.49. The van der Waals surface area contributed by atoms with Crippen LogP contribution in [0.15, 0.2) is 84.9 Å². The fourth-order valence-electron chi connectivity index (χ4n) is 2.50. The van der Waals surface area contributed by atoms with Gasteiger partial charge in [-0.05, 0) is 43.3 Å². The summed E-state index contributed by atoms with van der Waals surface area (Å²) in [7, 11) is 0. The SMILES string of the molecule is C[C@@H](OC(=O)c1ccccc1Oc1ccccc1)C(=O)NNC(=O)c1ccccc1. The zero-order chi connectivity index (χ0) is 21.3. The smallest absolute Gasteiger partial charge is 0.342 e. The molecule has 30 heavy (non-hydrogen) atoms. The molecule has 0 aliphatic carbocycles. The predicted molar refractivity (Wildman–Crippen MR) is 110 cm³/mol. The van der Waals surface area contributed by atoms with Crippen molar-refractivity contribution in [3.63, 3.8) is 0 Å². The number of hydrogen-bond donors (Lipinski definition) is 2. The Hall–Kier alpha value is -4.13. The van der Waals surface area contributed by atoms with E-state index in [2.05, 4.69) is 10.9 Å². The van der Waals surface area contributed by atoms with Crippen LogP contribution in [0.2, 0.25) is 0 Å². The summed E-state index contributed by atoms with van der Waals surface area (Å²) in [5.74, 6) is -1.01. The van der Waals surface area contributed by atoms with Crippen molar-refractivity contribution >= 4 is 17.8 Å². The van der Waals surface area contributed by atoms with Crippen LogP contribution < -0.4 is 15.6 Å². The number of carbonyl (C=O) groups is 3. The zero-order valence-corrected chi connectivity index (χ0v) is 16.2. The lowest BCUT2D eigenvalue weighted by Crippen LogP contribution is -2.46. The Balaban J connectivity index is 1.59. The molecule has 152 valence electrons. The number of carbonyl (C=O) groups excluding carboxylic acids is 3. The Morgan fingerprint density at radius 1 is 0.767 bits per heavy atom. The summed E-state index contributed by atoms with van der Waals surface area (Å²) in [5, 5.41) is 0. The van der Waals surface area contributed by atoms with Gasteiger partial charge in [-0.3, -0.25) is 20.4 Å². The minimum atomic E-state index is -1.14. The van der Waals surface area contributed by atoms with Crippen molar-refractivity contribution in [1.29, 1.82) is 0 Å². The Bertz CT molecular complexity index is 1020. The van der Waals surface area contributed by atoms with E-state index in [0.717, 1.165) is 0 Å².